The Morgan fingerprint density at radius 3 is 2.24 bits per heavy atom. The molecule has 0 saturated heterocycles. The van der Waals surface area contributed by atoms with Crippen molar-refractivity contribution in [3.8, 4) is 22.3 Å². The van der Waals surface area contributed by atoms with E-state index in [9.17, 15) is 9.90 Å². The number of rotatable bonds is 11. The van der Waals surface area contributed by atoms with Crippen LogP contribution in [0.15, 0.2) is 78.9 Å². The molecular weight excluding hydrogens is 408 g/mol. The SMILES string of the molecule is C=C(C)C(=O)OCCCc1cc(-c2ccc(-c3ccccc3)cc2CC)ccc1CCCO. The van der Waals surface area contributed by atoms with Gasteiger partial charge in [0.25, 0.3) is 0 Å². The van der Waals surface area contributed by atoms with Crippen LogP contribution in [0, 0.1) is 0 Å². The van der Waals surface area contributed by atoms with Gasteiger partial charge in [-0.15, -0.1) is 0 Å². The molecule has 0 bridgehead atoms. The van der Waals surface area contributed by atoms with Gasteiger partial charge in [0.2, 0.25) is 0 Å². The third-order valence-electron chi connectivity index (χ3n) is 5.89. The summed E-state index contributed by atoms with van der Waals surface area (Å²) in [5.41, 5.74) is 9.15. The van der Waals surface area contributed by atoms with Gasteiger partial charge in [-0.1, -0.05) is 80.2 Å². The van der Waals surface area contributed by atoms with E-state index in [1.165, 1.54) is 38.9 Å². The van der Waals surface area contributed by atoms with E-state index in [1.807, 2.05) is 6.07 Å². The van der Waals surface area contributed by atoms with Crippen LogP contribution in [0.3, 0.4) is 0 Å². The summed E-state index contributed by atoms with van der Waals surface area (Å²) in [4.78, 5) is 11.7. The average molecular weight is 443 g/mol. The number of benzene rings is 3. The van der Waals surface area contributed by atoms with Crippen LogP contribution in [0.1, 0.15) is 43.4 Å². The lowest BCUT2D eigenvalue weighted by Crippen LogP contribution is -2.07. The highest BCUT2D eigenvalue weighted by molar-refractivity contribution is 5.86. The van der Waals surface area contributed by atoms with Gasteiger partial charge in [-0.05, 0) is 78.0 Å². The number of aryl methyl sites for hydroxylation is 3. The smallest absolute Gasteiger partial charge is 0.333 e. The van der Waals surface area contributed by atoms with Crippen LogP contribution >= 0.6 is 0 Å². The molecule has 0 fully saturated rings. The highest BCUT2D eigenvalue weighted by Gasteiger charge is 2.11. The first-order chi connectivity index (χ1) is 16.0. The Hall–Kier alpha value is -3.17. The molecule has 0 radical (unpaired) electrons. The van der Waals surface area contributed by atoms with Crippen LogP contribution in [-0.2, 0) is 28.8 Å². The number of carbonyl (C=O) groups excluding carboxylic acids is 1. The predicted octanol–water partition coefficient (Wildman–Crippen LogP) is 6.56. The standard InChI is InChI=1S/C30H34O3/c1-4-23-20-27(24-10-6-5-7-11-24)16-17-29(23)28-15-14-25(12-8-18-31)26(21-28)13-9-19-33-30(32)22(2)3/h5-7,10-11,14-17,20-21,31H,2,4,8-9,12-13,18-19H2,1,3H3. The molecule has 1 N–H and O–H groups in total. The van der Waals surface area contributed by atoms with E-state index in [4.69, 9.17) is 4.74 Å². The van der Waals surface area contributed by atoms with Crippen LogP contribution in [0.5, 0.6) is 0 Å². The lowest BCUT2D eigenvalue weighted by Gasteiger charge is -2.15. The summed E-state index contributed by atoms with van der Waals surface area (Å²) in [7, 11) is 0. The zero-order valence-corrected chi connectivity index (χ0v) is 19.8. The maximum atomic E-state index is 11.7. The van der Waals surface area contributed by atoms with E-state index in [0.717, 1.165) is 32.1 Å². The van der Waals surface area contributed by atoms with E-state index in [2.05, 4.69) is 74.2 Å². The minimum absolute atomic E-state index is 0.179. The third-order valence-corrected chi connectivity index (χ3v) is 5.89. The molecule has 0 aliphatic carbocycles. The molecule has 0 atom stereocenters. The summed E-state index contributed by atoms with van der Waals surface area (Å²) >= 11 is 0. The van der Waals surface area contributed by atoms with E-state index in [-0.39, 0.29) is 12.6 Å². The molecular formula is C30H34O3. The molecule has 0 spiro atoms. The van der Waals surface area contributed by atoms with Gasteiger partial charge in [-0.3, -0.25) is 0 Å². The van der Waals surface area contributed by atoms with Crippen molar-refractivity contribution in [2.24, 2.45) is 0 Å². The summed E-state index contributed by atoms with van der Waals surface area (Å²) < 4.78 is 5.27. The summed E-state index contributed by atoms with van der Waals surface area (Å²) in [5, 5.41) is 9.30. The lowest BCUT2D eigenvalue weighted by molar-refractivity contribution is -0.139. The monoisotopic (exact) mass is 442 g/mol. The molecule has 3 aromatic rings. The summed E-state index contributed by atoms with van der Waals surface area (Å²) in [6.07, 6.45) is 4.10. The fraction of sp³-hybridized carbons (Fsp3) is 0.300. The van der Waals surface area contributed by atoms with Gasteiger partial charge in [0.1, 0.15) is 0 Å². The van der Waals surface area contributed by atoms with Crippen LogP contribution in [-0.4, -0.2) is 24.3 Å². The highest BCUT2D eigenvalue weighted by Crippen LogP contribution is 2.31. The zero-order valence-electron chi connectivity index (χ0n) is 19.8. The lowest BCUT2D eigenvalue weighted by atomic mass is 9.90. The van der Waals surface area contributed by atoms with Crippen molar-refractivity contribution >= 4 is 5.97 Å². The first-order valence-electron chi connectivity index (χ1n) is 11.8. The van der Waals surface area contributed by atoms with Crippen LogP contribution in [0.2, 0.25) is 0 Å². The number of ether oxygens (including phenoxy) is 1. The van der Waals surface area contributed by atoms with Crippen molar-refractivity contribution in [2.75, 3.05) is 13.2 Å². The number of hydrogen-bond donors (Lipinski definition) is 1. The molecule has 0 saturated carbocycles. The number of esters is 1. The topological polar surface area (TPSA) is 46.5 Å². The molecule has 3 aromatic carbocycles. The maximum absolute atomic E-state index is 11.7. The Bertz CT molecular complexity index is 1080. The fourth-order valence-electron chi connectivity index (χ4n) is 4.07. The second-order valence-corrected chi connectivity index (χ2v) is 8.42. The first-order valence-corrected chi connectivity index (χ1v) is 11.8. The minimum atomic E-state index is -0.338. The second kappa shape index (κ2) is 12.2. The van der Waals surface area contributed by atoms with Crippen molar-refractivity contribution in [1.82, 2.24) is 0 Å². The van der Waals surface area contributed by atoms with Gasteiger partial charge in [0.05, 0.1) is 6.61 Å². The highest BCUT2D eigenvalue weighted by atomic mass is 16.5. The predicted molar refractivity (Wildman–Crippen MR) is 136 cm³/mol. The maximum Gasteiger partial charge on any atom is 0.333 e. The van der Waals surface area contributed by atoms with Crippen molar-refractivity contribution in [1.29, 1.82) is 0 Å². The molecule has 3 nitrogen and oxygen atoms in total. The number of carbonyl (C=O) groups is 1. The van der Waals surface area contributed by atoms with Crippen molar-refractivity contribution in [2.45, 2.75) is 46.0 Å². The molecule has 0 aromatic heterocycles. The Balaban J connectivity index is 1.85. The average Bonchev–Trinajstić information content (AvgIpc) is 2.85. The van der Waals surface area contributed by atoms with Crippen LogP contribution in [0.4, 0.5) is 0 Å². The van der Waals surface area contributed by atoms with Gasteiger partial charge in [0, 0.05) is 12.2 Å². The first kappa shape index (κ1) is 24.5. The molecule has 33 heavy (non-hydrogen) atoms. The molecule has 0 unspecified atom stereocenters. The summed E-state index contributed by atoms with van der Waals surface area (Å²) in [6.45, 7) is 8.04. The second-order valence-electron chi connectivity index (χ2n) is 8.42. The van der Waals surface area contributed by atoms with E-state index >= 15 is 0 Å². The fourth-order valence-corrected chi connectivity index (χ4v) is 4.07. The Labute approximate surface area is 197 Å². The molecule has 3 heteroatoms. The molecule has 0 heterocycles. The number of aliphatic hydroxyl groups is 1. The normalized spacial score (nSPS) is 10.8. The third kappa shape index (κ3) is 6.66. The molecule has 0 aliphatic heterocycles. The molecule has 0 amide bonds. The van der Waals surface area contributed by atoms with Crippen molar-refractivity contribution in [3.05, 3.63) is 95.6 Å². The summed E-state index contributed by atoms with van der Waals surface area (Å²) in [5.74, 6) is -0.338. The largest absolute Gasteiger partial charge is 0.462 e. The van der Waals surface area contributed by atoms with Crippen molar-refractivity contribution < 1.29 is 14.6 Å². The Morgan fingerprint density at radius 1 is 0.848 bits per heavy atom. The van der Waals surface area contributed by atoms with Gasteiger partial charge in [-0.25, -0.2) is 4.79 Å². The van der Waals surface area contributed by atoms with Gasteiger partial charge in [0.15, 0.2) is 0 Å². The zero-order chi connectivity index (χ0) is 23.6. The summed E-state index contributed by atoms with van der Waals surface area (Å²) in [6, 6.07) is 23.8. The molecule has 0 aliphatic rings. The van der Waals surface area contributed by atoms with E-state index in [1.54, 1.807) is 6.92 Å². The quantitative estimate of drug-likeness (QED) is 0.208. The number of hydrogen-bond acceptors (Lipinski definition) is 3. The van der Waals surface area contributed by atoms with Gasteiger partial charge < -0.3 is 9.84 Å². The number of aliphatic hydroxyl groups excluding tert-OH is 1. The van der Waals surface area contributed by atoms with E-state index < -0.39 is 0 Å². The Morgan fingerprint density at radius 2 is 1.55 bits per heavy atom. The van der Waals surface area contributed by atoms with Crippen LogP contribution < -0.4 is 0 Å². The molecule has 172 valence electrons. The van der Waals surface area contributed by atoms with E-state index in [0.29, 0.717) is 12.2 Å². The Kier molecular flexibility index (Phi) is 9.03. The van der Waals surface area contributed by atoms with Gasteiger partial charge in [-0.2, -0.15) is 0 Å². The van der Waals surface area contributed by atoms with Crippen molar-refractivity contribution in [3.63, 3.8) is 0 Å². The minimum Gasteiger partial charge on any atom is -0.462 e. The van der Waals surface area contributed by atoms with Gasteiger partial charge >= 0.3 is 5.97 Å². The van der Waals surface area contributed by atoms with Crippen LogP contribution in [0.25, 0.3) is 22.3 Å². The molecule has 3 rings (SSSR count).